The van der Waals surface area contributed by atoms with Crippen molar-refractivity contribution in [2.45, 2.75) is 51.7 Å². The van der Waals surface area contributed by atoms with E-state index in [1.165, 1.54) is 0 Å². The number of nitriles is 1. The molecule has 9 heteroatoms. The van der Waals surface area contributed by atoms with Crippen molar-refractivity contribution in [3.05, 3.63) is 47.3 Å². The maximum absolute atomic E-state index is 12.4. The highest BCUT2D eigenvalue weighted by atomic mass is 16.8. The second-order valence-corrected chi connectivity index (χ2v) is 8.48. The number of carbonyl (C=O) groups excluding carboxylic acids is 1. The van der Waals surface area contributed by atoms with E-state index in [-0.39, 0.29) is 12.1 Å². The van der Waals surface area contributed by atoms with Gasteiger partial charge in [-0.15, -0.1) is 0 Å². The Hall–Kier alpha value is -3.35. The molecule has 1 unspecified atom stereocenters. The van der Waals surface area contributed by atoms with Gasteiger partial charge in [-0.05, 0) is 30.9 Å². The van der Waals surface area contributed by atoms with E-state index in [4.69, 9.17) is 14.3 Å². The lowest BCUT2D eigenvalue weighted by atomic mass is 10.0. The second-order valence-electron chi connectivity index (χ2n) is 8.48. The number of hydrogen-bond acceptors (Lipinski definition) is 7. The monoisotopic (exact) mass is 451 g/mol. The number of aromatic nitrogens is 2. The number of nitrogens with one attached hydrogen (secondary N) is 2. The Labute approximate surface area is 193 Å². The number of fused-ring (bicyclic) bond motifs is 1. The number of amides is 1. The molecule has 0 bridgehead atoms. The molecular formula is C24H29N5O4. The number of nitrogens with zero attached hydrogens (tertiary/aromatic N) is 3. The van der Waals surface area contributed by atoms with Crippen LogP contribution in [0.5, 0.6) is 5.75 Å². The van der Waals surface area contributed by atoms with E-state index >= 15 is 0 Å². The Kier molecular flexibility index (Phi) is 6.96. The Balaban J connectivity index is 1.49. The summed E-state index contributed by atoms with van der Waals surface area (Å²) in [6.45, 7) is 9.29. The minimum Gasteiger partial charge on any atom is -0.491 e. The first-order valence-corrected chi connectivity index (χ1v) is 11.3. The number of rotatable bonds is 8. The van der Waals surface area contributed by atoms with Gasteiger partial charge in [0.1, 0.15) is 17.5 Å². The van der Waals surface area contributed by atoms with Crippen molar-refractivity contribution in [2.75, 3.05) is 25.1 Å². The Morgan fingerprint density at radius 2 is 2.27 bits per heavy atom. The molecular weight excluding hydrogens is 422 g/mol. The van der Waals surface area contributed by atoms with E-state index in [1.54, 1.807) is 4.68 Å². The van der Waals surface area contributed by atoms with Gasteiger partial charge < -0.3 is 14.8 Å². The highest BCUT2D eigenvalue weighted by Crippen LogP contribution is 2.39. The maximum atomic E-state index is 12.4. The molecule has 1 saturated heterocycles. The fourth-order valence-corrected chi connectivity index (χ4v) is 3.86. The summed E-state index contributed by atoms with van der Waals surface area (Å²) < 4.78 is 13.1. The van der Waals surface area contributed by atoms with Crippen molar-refractivity contribution in [1.29, 1.82) is 5.26 Å². The summed E-state index contributed by atoms with van der Waals surface area (Å²) in [7, 11) is 0. The second kappa shape index (κ2) is 10.1. The molecule has 0 spiro atoms. The molecule has 1 atom stereocenters. The average molecular weight is 452 g/mol. The van der Waals surface area contributed by atoms with Crippen LogP contribution in [0.15, 0.2) is 30.5 Å². The molecule has 4 rings (SSSR count). The van der Waals surface area contributed by atoms with Crippen LogP contribution in [-0.2, 0) is 20.8 Å². The van der Waals surface area contributed by atoms with Gasteiger partial charge in [0.05, 0.1) is 23.6 Å². The molecule has 1 fully saturated rings. The zero-order valence-electron chi connectivity index (χ0n) is 19.0. The number of hydroxylamine groups is 1. The van der Waals surface area contributed by atoms with Crippen LogP contribution in [0.25, 0.3) is 5.69 Å². The van der Waals surface area contributed by atoms with Crippen LogP contribution >= 0.6 is 0 Å². The van der Waals surface area contributed by atoms with Crippen LogP contribution in [0.1, 0.15) is 55.8 Å². The number of anilines is 1. The summed E-state index contributed by atoms with van der Waals surface area (Å²) in [6, 6.07) is 6.08. The van der Waals surface area contributed by atoms with Crippen LogP contribution in [0.2, 0.25) is 0 Å². The zero-order valence-corrected chi connectivity index (χ0v) is 19.0. The van der Waals surface area contributed by atoms with E-state index in [9.17, 15) is 10.1 Å². The first kappa shape index (κ1) is 22.8. The summed E-state index contributed by atoms with van der Waals surface area (Å²) >= 11 is 0. The van der Waals surface area contributed by atoms with E-state index < -0.39 is 12.2 Å². The molecule has 33 heavy (non-hydrogen) atoms. The fourth-order valence-electron chi connectivity index (χ4n) is 3.86. The molecule has 2 aliphatic heterocycles. The van der Waals surface area contributed by atoms with Gasteiger partial charge in [-0.3, -0.25) is 4.79 Å². The van der Waals surface area contributed by atoms with Crippen LogP contribution in [0.3, 0.4) is 0 Å². The van der Waals surface area contributed by atoms with Gasteiger partial charge in [0.25, 0.3) is 5.91 Å². The van der Waals surface area contributed by atoms with Gasteiger partial charge in [0.2, 0.25) is 0 Å². The smallest absolute Gasteiger partial charge is 0.272 e. The van der Waals surface area contributed by atoms with Crippen LogP contribution in [0.4, 0.5) is 5.69 Å². The Bertz CT molecular complexity index is 1080. The summed E-state index contributed by atoms with van der Waals surface area (Å²) in [5.41, 5.74) is 6.34. The molecule has 2 N–H and O–H groups in total. The zero-order chi connectivity index (χ0) is 23.4. The van der Waals surface area contributed by atoms with E-state index in [0.717, 1.165) is 36.2 Å². The third kappa shape index (κ3) is 5.02. The number of carbonyl (C=O) groups is 1. The Morgan fingerprint density at radius 3 is 2.97 bits per heavy atom. The summed E-state index contributed by atoms with van der Waals surface area (Å²) in [5, 5.41) is 17.7. The molecule has 0 radical (unpaired) electrons. The van der Waals surface area contributed by atoms with Crippen molar-refractivity contribution in [1.82, 2.24) is 15.3 Å². The molecule has 0 aliphatic carbocycles. The van der Waals surface area contributed by atoms with Gasteiger partial charge in [0, 0.05) is 43.3 Å². The topological polar surface area (TPSA) is 110 Å². The van der Waals surface area contributed by atoms with Gasteiger partial charge >= 0.3 is 0 Å². The molecule has 0 saturated carbocycles. The molecule has 3 heterocycles. The number of hydrogen-bond donors (Lipinski definition) is 2. The number of benzene rings is 1. The SMILES string of the molecule is C=C(CNc1cc(-n2ccc(C(C)C)n2)c2c(c1C#N)CCO2)C(=O)NOC1CCCCO1. The fraction of sp³-hybridized carbons (Fsp3) is 0.458. The van der Waals surface area contributed by atoms with Gasteiger partial charge in [-0.1, -0.05) is 20.4 Å². The van der Waals surface area contributed by atoms with E-state index in [2.05, 4.69) is 42.4 Å². The molecule has 2 aliphatic rings. The lowest BCUT2D eigenvalue weighted by molar-refractivity contribution is -0.198. The van der Waals surface area contributed by atoms with Crippen LogP contribution < -0.4 is 15.5 Å². The summed E-state index contributed by atoms with van der Waals surface area (Å²) in [4.78, 5) is 17.7. The molecule has 9 nitrogen and oxygen atoms in total. The summed E-state index contributed by atoms with van der Waals surface area (Å²) in [6.07, 6.45) is 4.82. The van der Waals surface area contributed by atoms with Gasteiger partial charge in [-0.25, -0.2) is 15.0 Å². The normalized spacial score (nSPS) is 17.2. The quantitative estimate of drug-likeness (QED) is 0.468. The van der Waals surface area contributed by atoms with Crippen molar-refractivity contribution >= 4 is 11.6 Å². The largest absolute Gasteiger partial charge is 0.491 e. The van der Waals surface area contributed by atoms with Crippen molar-refractivity contribution in [2.24, 2.45) is 0 Å². The minimum atomic E-state index is -0.437. The molecule has 1 aromatic heterocycles. The molecule has 2 aromatic rings. The van der Waals surface area contributed by atoms with Gasteiger partial charge in [0.15, 0.2) is 6.29 Å². The molecule has 174 valence electrons. The first-order valence-electron chi connectivity index (χ1n) is 11.3. The lowest BCUT2D eigenvalue weighted by Crippen LogP contribution is -2.34. The van der Waals surface area contributed by atoms with Crippen molar-refractivity contribution in [3.8, 4) is 17.5 Å². The predicted octanol–water partition coefficient (Wildman–Crippen LogP) is 3.34. The molecule has 1 amide bonds. The highest BCUT2D eigenvalue weighted by molar-refractivity contribution is 5.93. The van der Waals surface area contributed by atoms with Crippen LogP contribution in [-0.4, -0.2) is 41.7 Å². The summed E-state index contributed by atoms with van der Waals surface area (Å²) in [5.74, 6) is 0.528. The third-order valence-corrected chi connectivity index (χ3v) is 5.75. The molecule has 1 aromatic carbocycles. The minimum absolute atomic E-state index is 0.144. The third-order valence-electron chi connectivity index (χ3n) is 5.75. The van der Waals surface area contributed by atoms with E-state index in [1.807, 2.05) is 18.3 Å². The maximum Gasteiger partial charge on any atom is 0.272 e. The average Bonchev–Trinajstić information content (AvgIpc) is 3.51. The van der Waals surface area contributed by atoms with E-state index in [0.29, 0.717) is 42.6 Å². The van der Waals surface area contributed by atoms with Crippen molar-refractivity contribution in [3.63, 3.8) is 0 Å². The first-order chi connectivity index (χ1) is 16.0. The number of ether oxygens (including phenoxy) is 2. The predicted molar refractivity (Wildman–Crippen MR) is 122 cm³/mol. The van der Waals surface area contributed by atoms with Gasteiger partial charge in [-0.2, -0.15) is 10.4 Å². The lowest BCUT2D eigenvalue weighted by Gasteiger charge is -2.22. The van der Waals surface area contributed by atoms with Crippen molar-refractivity contribution < 1.29 is 19.1 Å². The Morgan fingerprint density at radius 1 is 1.42 bits per heavy atom. The van der Waals surface area contributed by atoms with Crippen LogP contribution in [0, 0.1) is 11.3 Å². The highest BCUT2D eigenvalue weighted by Gasteiger charge is 2.25. The standard InChI is InChI=1S/C24H29N5O4/c1-15(2)19-7-9-29(27-19)21-12-20(18(13-25)17-8-11-32-23(17)21)26-14-16(3)24(30)28-33-22-6-4-5-10-31-22/h7,9,12,15,22,26H,3-6,8,10-11,14H2,1-2H3,(H,28,30).